The van der Waals surface area contributed by atoms with Crippen LogP contribution in [0.3, 0.4) is 0 Å². The molecule has 0 aromatic heterocycles. The first kappa shape index (κ1) is 27.7. The van der Waals surface area contributed by atoms with Crippen LogP contribution < -0.4 is 59.1 Å². The van der Waals surface area contributed by atoms with Crippen molar-refractivity contribution < 1.29 is 104 Å². The number of methoxy groups -OCH3 is 2. The molecule has 142 valence electrons. The SMILES string of the molecule is COC(=O)c1cc2c(cc1S(=O)(=O)[O-])CC(C(=O)OC)(S(=O)(=O)[O-])C=C2.[Na+].[Na+]. The summed E-state index contributed by atoms with van der Waals surface area (Å²) in [4.78, 5) is 22.7. The molecule has 1 atom stereocenters. The van der Waals surface area contributed by atoms with Crippen LogP contribution in [-0.4, -0.2) is 56.8 Å². The van der Waals surface area contributed by atoms with Crippen molar-refractivity contribution in [3.63, 3.8) is 0 Å². The van der Waals surface area contributed by atoms with E-state index in [1.165, 1.54) is 0 Å². The van der Waals surface area contributed by atoms with Crippen molar-refractivity contribution in [2.75, 3.05) is 14.2 Å². The molecule has 0 spiro atoms. The molecule has 0 amide bonds. The van der Waals surface area contributed by atoms with Gasteiger partial charge in [0.05, 0.1) is 24.7 Å². The second-order valence-corrected chi connectivity index (χ2v) is 8.32. The van der Waals surface area contributed by atoms with Gasteiger partial charge in [-0.1, -0.05) is 12.2 Å². The van der Waals surface area contributed by atoms with Crippen LogP contribution in [-0.2, 0) is 40.9 Å². The molecule has 1 unspecified atom stereocenters. The average molecular weight is 450 g/mol. The Morgan fingerprint density at radius 2 is 1.61 bits per heavy atom. The normalized spacial score (nSPS) is 18.1. The van der Waals surface area contributed by atoms with E-state index >= 15 is 0 Å². The summed E-state index contributed by atoms with van der Waals surface area (Å²) >= 11 is 0. The molecule has 0 heterocycles. The minimum absolute atomic E-state index is 0. The molecule has 28 heavy (non-hydrogen) atoms. The summed E-state index contributed by atoms with van der Waals surface area (Å²) < 4.78 is 75.5. The van der Waals surface area contributed by atoms with Crippen LogP contribution in [0.5, 0.6) is 0 Å². The average Bonchev–Trinajstić information content (AvgIpc) is 2.56. The molecule has 1 aliphatic carbocycles. The molecular formula is C14H12Na2O10S2. The Hall–Kier alpha value is -0.280. The third-order valence-corrected chi connectivity index (χ3v) is 6.09. The van der Waals surface area contributed by atoms with Crippen LogP contribution in [0, 0.1) is 0 Å². The van der Waals surface area contributed by atoms with E-state index < -0.39 is 53.8 Å². The van der Waals surface area contributed by atoms with E-state index in [1.54, 1.807) is 0 Å². The van der Waals surface area contributed by atoms with E-state index in [4.69, 9.17) is 0 Å². The summed E-state index contributed by atoms with van der Waals surface area (Å²) in [5, 5.41) is 0. The standard InChI is InChI=1S/C14H14O10S2.2Na/c1-23-12(15)10-5-8-3-4-14(13(16)24-2,26(20,21)22)7-9(8)6-11(10)25(17,18)19;;/h3-6H,7H2,1-2H3,(H,17,18,19)(H,20,21,22);;/q;2*+1/p-2. The predicted molar refractivity (Wildman–Crippen MR) is 82.9 cm³/mol. The van der Waals surface area contributed by atoms with E-state index in [9.17, 15) is 35.5 Å². The van der Waals surface area contributed by atoms with Crippen molar-refractivity contribution in [2.24, 2.45) is 0 Å². The maximum absolute atomic E-state index is 11.9. The van der Waals surface area contributed by atoms with Gasteiger partial charge in [-0.25, -0.2) is 21.6 Å². The first-order chi connectivity index (χ1) is 11.9. The molecule has 10 nitrogen and oxygen atoms in total. The van der Waals surface area contributed by atoms with Gasteiger partial charge in [0.1, 0.15) is 20.2 Å². The number of carbonyl (C=O) groups excluding carboxylic acids is 2. The van der Waals surface area contributed by atoms with E-state index in [2.05, 4.69) is 9.47 Å². The van der Waals surface area contributed by atoms with Crippen LogP contribution >= 0.6 is 0 Å². The van der Waals surface area contributed by atoms with Crippen LogP contribution in [0.15, 0.2) is 23.1 Å². The number of carbonyl (C=O) groups is 2. The molecule has 1 aliphatic rings. The van der Waals surface area contributed by atoms with Crippen molar-refractivity contribution in [1.29, 1.82) is 0 Å². The van der Waals surface area contributed by atoms with E-state index in [0.717, 1.165) is 38.5 Å². The zero-order valence-corrected chi connectivity index (χ0v) is 21.0. The van der Waals surface area contributed by atoms with Gasteiger partial charge >= 0.3 is 71.1 Å². The Bertz CT molecular complexity index is 1030. The smallest absolute Gasteiger partial charge is 0.747 e. The number of benzene rings is 1. The summed E-state index contributed by atoms with van der Waals surface area (Å²) in [6, 6.07) is 1.75. The number of rotatable bonds is 4. The predicted octanol–water partition coefficient (Wildman–Crippen LogP) is -6.59. The monoisotopic (exact) mass is 450 g/mol. The fourth-order valence-corrected chi connectivity index (χ4v) is 4.13. The van der Waals surface area contributed by atoms with Crippen molar-refractivity contribution in [1.82, 2.24) is 0 Å². The van der Waals surface area contributed by atoms with Crippen LogP contribution in [0.4, 0.5) is 0 Å². The van der Waals surface area contributed by atoms with E-state index in [-0.39, 0.29) is 70.2 Å². The van der Waals surface area contributed by atoms with E-state index in [1.807, 2.05) is 0 Å². The molecule has 0 N–H and O–H groups in total. The molecule has 0 saturated carbocycles. The largest absolute Gasteiger partial charge is 1.00 e. The van der Waals surface area contributed by atoms with Gasteiger partial charge in [0.15, 0.2) is 4.75 Å². The van der Waals surface area contributed by atoms with Crippen molar-refractivity contribution in [3.8, 4) is 0 Å². The fourth-order valence-electron chi connectivity index (χ4n) is 2.58. The molecule has 0 fully saturated rings. The summed E-state index contributed by atoms with van der Waals surface area (Å²) in [6.07, 6.45) is 1.09. The van der Waals surface area contributed by atoms with Crippen molar-refractivity contribution in [2.45, 2.75) is 16.1 Å². The number of fused-ring (bicyclic) bond motifs is 1. The molecule has 1 aromatic carbocycles. The van der Waals surface area contributed by atoms with Gasteiger partial charge in [0.25, 0.3) is 0 Å². The van der Waals surface area contributed by atoms with Gasteiger partial charge in [0.2, 0.25) is 0 Å². The van der Waals surface area contributed by atoms with Gasteiger partial charge in [-0.2, -0.15) is 0 Å². The topological polar surface area (TPSA) is 167 Å². The van der Waals surface area contributed by atoms with Crippen LogP contribution in [0.1, 0.15) is 21.5 Å². The van der Waals surface area contributed by atoms with Gasteiger partial charge in [0, 0.05) is 6.42 Å². The first-order valence-electron chi connectivity index (χ1n) is 6.81. The Kier molecular flexibility index (Phi) is 9.59. The third kappa shape index (κ3) is 5.06. The van der Waals surface area contributed by atoms with Crippen LogP contribution in [0.25, 0.3) is 6.08 Å². The summed E-state index contributed by atoms with van der Waals surface area (Å²) in [6.45, 7) is 0. The minimum atomic E-state index is -5.25. The third-order valence-electron chi connectivity index (χ3n) is 3.88. The Morgan fingerprint density at radius 1 is 1.04 bits per heavy atom. The van der Waals surface area contributed by atoms with Gasteiger partial charge in [-0.3, -0.25) is 4.79 Å². The minimum Gasteiger partial charge on any atom is -0.747 e. The van der Waals surface area contributed by atoms with Crippen molar-refractivity contribution >= 4 is 38.3 Å². The molecule has 0 aliphatic heterocycles. The Morgan fingerprint density at radius 3 is 2.04 bits per heavy atom. The number of esters is 2. The fraction of sp³-hybridized carbons (Fsp3) is 0.286. The van der Waals surface area contributed by atoms with Crippen molar-refractivity contribution in [3.05, 3.63) is 34.9 Å². The number of hydrogen-bond donors (Lipinski definition) is 0. The van der Waals surface area contributed by atoms with Gasteiger partial charge in [-0.05, 0) is 23.3 Å². The number of hydrogen-bond acceptors (Lipinski definition) is 10. The summed E-state index contributed by atoms with van der Waals surface area (Å²) in [7, 11) is -8.53. The molecule has 14 heteroatoms. The summed E-state index contributed by atoms with van der Waals surface area (Å²) in [5.74, 6) is -2.46. The van der Waals surface area contributed by atoms with E-state index in [0.29, 0.717) is 0 Å². The maximum atomic E-state index is 11.9. The Labute approximate surface area is 205 Å². The zero-order chi connectivity index (χ0) is 19.9. The van der Waals surface area contributed by atoms with Gasteiger partial charge in [-0.15, -0.1) is 0 Å². The summed E-state index contributed by atoms with van der Waals surface area (Å²) in [5.41, 5.74) is -0.526. The first-order valence-corrected chi connectivity index (χ1v) is 9.63. The number of ether oxygens (including phenoxy) is 2. The van der Waals surface area contributed by atoms with Gasteiger partial charge < -0.3 is 18.6 Å². The molecule has 1 aromatic rings. The second kappa shape index (κ2) is 9.69. The molecule has 2 rings (SSSR count). The molecule has 0 saturated heterocycles. The molecular weight excluding hydrogens is 438 g/mol. The molecule has 0 bridgehead atoms. The van der Waals surface area contributed by atoms with Crippen LogP contribution in [0.2, 0.25) is 0 Å². The molecule has 0 radical (unpaired) electrons. The zero-order valence-electron chi connectivity index (χ0n) is 15.4. The second-order valence-electron chi connectivity index (χ2n) is 5.34. The maximum Gasteiger partial charge on any atom is 1.00 e. The quantitative estimate of drug-likeness (QED) is 0.244. The Balaban J connectivity index is 0.00000364.